The van der Waals surface area contributed by atoms with E-state index in [0.717, 1.165) is 5.56 Å². The van der Waals surface area contributed by atoms with E-state index in [4.69, 9.17) is 0 Å². The average molecular weight is 249 g/mol. The van der Waals surface area contributed by atoms with Crippen LogP contribution in [0.1, 0.15) is 22.8 Å². The van der Waals surface area contributed by atoms with E-state index in [2.05, 4.69) is 4.98 Å². The molecule has 0 fully saturated rings. The topological polar surface area (TPSA) is 33.1 Å². The molecule has 1 aromatic carbocycles. The lowest BCUT2D eigenvalue weighted by Gasteiger charge is -2.14. The van der Waals surface area contributed by atoms with Crippen LogP contribution < -0.4 is 0 Å². The van der Waals surface area contributed by atoms with Crippen molar-refractivity contribution in [1.29, 1.82) is 0 Å². The Labute approximate surface area is 104 Å². The van der Waals surface area contributed by atoms with E-state index in [1.807, 2.05) is 0 Å². The Bertz CT molecular complexity index is 537. The lowest BCUT2D eigenvalue weighted by atomic mass is 9.98. The summed E-state index contributed by atoms with van der Waals surface area (Å²) in [5, 5.41) is 10.0. The van der Waals surface area contributed by atoms with Crippen LogP contribution in [-0.4, -0.2) is 10.1 Å². The molecule has 0 radical (unpaired) electrons. The molecule has 1 atom stereocenters. The van der Waals surface area contributed by atoms with Crippen LogP contribution in [0.15, 0.2) is 36.7 Å². The number of halogens is 2. The van der Waals surface area contributed by atoms with Gasteiger partial charge in [0.15, 0.2) is 0 Å². The summed E-state index contributed by atoms with van der Waals surface area (Å²) in [6, 6.07) is 5.33. The van der Waals surface area contributed by atoms with Gasteiger partial charge in [-0.05, 0) is 36.2 Å². The fourth-order valence-electron chi connectivity index (χ4n) is 1.89. The first-order chi connectivity index (χ1) is 8.59. The van der Waals surface area contributed by atoms with Gasteiger partial charge in [-0.15, -0.1) is 0 Å². The first kappa shape index (κ1) is 12.6. The fraction of sp³-hybridized carbons (Fsp3) is 0.214. The minimum atomic E-state index is -0.945. The highest BCUT2D eigenvalue weighted by Crippen LogP contribution is 2.23. The zero-order chi connectivity index (χ0) is 13.1. The summed E-state index contributed by atoms with van der Waals surface area (Å²) in [6.07, 6.45) is 2.11. The minimum absolute atomic E-state index is 0.0939. The highest BCUT2D eigenvalue weighted by atomic mass is 19.1. The second kappa shape index (κ2) is 5.23. The number of aliphatic hydroxyl groups is 1. The molecule has 94 valence electrons. The standard InChI is InChI=1S/C14H13F2NO/c1-9-8-17-6-5-10(9)14(18)7-11-12(15)3-2-4-13(11)16/h2-6,8,14,18H,7H2,1H3. The van der Waals surface area contributed by atoms with Gasteiger partial charge in [-0.3, -0.25) is 4.98 Å². The molecule has 2 nitrogen and oxygen atoms in total. The molecule has 1 unspecified atom stereocenters. The van der Waals surface area contributed by atoms with Gasteiger partial charge in [0.05, 0.1) is 6.10 Å². The Hall–Kier alpha value is -1.81. The maximum Gasteiger partial charge on any atom is 0.129 e. The van der Waals surface area contributed by atoms with Crippen LogP contribution in [0.3, 0.4) is 0 Å². The van der Waals surface area contributed by atoms with Crippen LogP contribution in [0.4, 0.5) is 8.78 Å². The monoisotopic (exact) mass is 249 g/mol. The van der Waals surface area contributed by atoms with Crippen molar-refractivity contribution in [3.63, 3.8) is 0 Å². The van der Waals surface area contributed by atoms with Gasteiger partial charge in [0.1, 0.15) is 11.6 Å². The Morgan fingerprint density at radius 1 is 1.22 bits per heavy atom. The predicted octanol–water partition coefficient (Wildman–Crippen LogP) is 2.94. The Balaban J connectivity index is 2.27. The van der Waals surface area contributed by atoms with Gasteiger partial charge in [0.2, 0.25) is 0 Å². The first-order valence-corrected chi connectivity index (χ1v) is 5.61. The molecule has 0 aliphatic rings. The molecule has 2 rings (SSSR count). The van der Waals surface area contributed by atoms with Crippen molar-refractivity contribution in [2.45, 2.75) is 19.4 Å². The Kier molecular flexibility index (Phi) is 3.67. The molecule has 0 amide bonds. The Morgan fingerprint density at radius 3 is 2.50 bits per heavy atom. The van der Waals surface area contributed by atoms with Gasteiger partial charge >= 0.3 is 0 Å². The lowest BCUT2D eigenvalue weighted by Crippen LogP contribution is -2.07. The van der Waals surface area contributed by atoms with Crippen molar-refractivity contribution in [3.05, 3.63) is 65.0 Å². The smallest absolute Gasteiger partial charge is 0.129 e. The lowest BCUT2D eigenvalue weighted by molar-refractivity contribution is 0.175. The average Bonchev–Trinajstić information content (AvgIpc) is 2.34. The number of benzene rings is 1. The number of nitrogens with zero attached hydrogens (tertiary/aromatic N) is 1. The van der Waals surface area contributed by atoms with E-state index >= 15 is 0 Å². The predicted molar refractivity (Wildman–Crippen MR) is 64.0 cm³/mol. The maximum atomic E-state index is 13.5. The SMILES string of the molecule is Cc1cnccc1C(O)Cc1c(F)cccc1F. The van der Waals surface area contributed by atoms with Gasteiger partial charge in [0, 0.05) is 24.4 Å². The summed E-state index contributed by atoms with van der Waals surface area (Å²) < 4.78 is 26.9. The highest BCUT2D eigenvalue weighted by molar-refractivity contribution is 5.27. The summed E-state index contributed by atoms with van der Waals surface area (Å²) in [6.45, 7) is 1.79. The number of pyridine rings is 1. The number of aliphatic hydroxyl groups excluding tert-OH is 1. The summed E-state index contributed by atoms with van der Waals surface area (Å²) in [5.74, 6) is -1.28. The highest BCUT2D eigenvalue weighted by Gasteiger charge is 2.16. The molecule has 0 aliphatic carbocycles. The second-order valence-corrected chi connectivity index (χ2v) is 4.15. The van der Waals surface area contributed by atoms with E-state index < -0.39 is 17.7 Å². The molecule has 1 aromatic heterocycles. The van der Waals surface area contributed by atoms with E-state index in [1.165, 1.54) is 18.2 Å². The first-order valence-electron chi connectivity index (χ1n) is 5.61. The van der Waals surface area contributed by atoms with Gasteiger partial charge in [0.25, 0.3) is 0 Å². The van der Waals surface area contributed by atoms with E-state index in [-0.39, 0.29) is 12.0 Å². The molecule has 4 heteroatoms. The number of hydrogen-bond donors (Lipinski definition) is 1. The summed E-state index contributed by atoms with van der Waals surface area (Å²) in [5.41, 5.74) is 1.33. The molecule has 1 N–H and O–H groups in total. The third-order valence-electron chi connectivity index (χ3n) is 2.88. The third-order valence-corrected chi connectivity index (χ3v) is 2.88. The molecule has 0 saturated carbocycles. The Morgan fingerprint density at radius 2 is 1.89 bits per heavy atom. The van der Waals surface area contributed by atoms with E-state index in [0.29, 0.717) is 5.56 Å². The molecule has 0 saturated heterocycles. The number of hydrogen-bond acceptors (Lipinski definition) is 2. The zero-order valence-corrected chi connectivity index (χ0v) is 9.90. The van der Waals surface area contributed by atoms with Gasteiger partial charge in [-0.1, -0.05) is 6.07 Å². The molecular formula is C14H13F2NO. The van der Waals surface area contributed by atoms with Gasteiger partial charge < -0.3 is 5.11 Å². The number of aryl methyl sites for hydroxylation is 1. The minimum Gasteiger partial charge on any atom is -0.388 e. The van der Waals surface area contributed by atoms with Crippen LogP contribution in [0, 0.1) is 18.6 Å². The third kappa shape index (κ3) is 2.54. The fourth-order valence-corrected chi connectivity index (χ4v) is 1.89. The van der Waals surface area contributed by atoms with Crippen molar-refractivity contribution < 1.29 is 13.9 Å². The van der Waals surface area contributed by atoms with Crippen LogP contribution in [-0.2, 0) is 6.42 Å². The van der Waals surface area contributed by atoms with Crippen molar-refractivity contribution in [3.8, 4) is 0 Å². The van der Waals surface area contributed by atoms with Crippen LogP contribution in [0.2, 0.25) is 0 Å². The van der Waals surface area contributed by atoms with Crippen molar-refractivity contribution in [1.82, 2.24) is 4.98 Å². The zero-order valence-electron chi connectivity index (χ0n) is 9.90. The molecule has 0 spiro atoms. The molecule has 0 bridgehead atoms. The van der Waals surface area contributed by atoms with Crippen molar-refractivity contribution in [2.75, 3.05) is 0 Å². The number of aromatic nitrogens is 1. The molecule has 18 heavy (non-hydrogen) atoms. The molecular weight excluding hydrogens is 236 g/mol. The van der Waals surface area contributed by atoms with Crippen LogP contribution in [0.25, 0.3) is 0 Å². The van der Waals surface area contributed by atoms with Crippen LogP contribution in [0.5, 0.6) is 0 Å². The second-order valence-electron chi connectivity index (χ2n) is 4.15. The van der Waals surface area contributed by atoms with Crippen LogP contribution >= 0.6 is 0 Å². The normalized spacial score (nSPS) is 12.4. The largest absolute Gasteiger partial charge is 0.388 e. The van der Waals surface area contributed by atoms with E-state index in [1.54, 1.807) is 25.4 Å². The molecule has 2 aromatic rings. The van der Waals surface area contributed by atoms with Gasteiger partial charge in [-0.2, -0.15) is 0 Å². The molecule has 0 aliphatic heterocycles. The van der Waals surface area contributed by atoms with Crippen molar-refractivity contribution >= 4 is 0 Å². The summed E-state index contributed by atoms with van der Waals surface area (Å²) in [4.78, 5) is 3.91. The molecule has 1 heterocycles. The summed E-state index contributed by atoms with van der Waals surface area (Å²) >= 11 is 0. The number of rotatable bonds is 3. The maximum absolute atomic E-state index is 13.5. The van der Waals surface area contributed by atoms with E-state index in [9.17, 15) is 13.9 Å². The quantitative estimate of drug-likeness (QED) is 0.907. The van der Waals surface area contributed by atoms with Gasteiger partial charge in [-0.25, -0.2) is 8.78 Å². The summed E-state index contributed by atoms with van der Waals surface area (Å²) in [7, 11) is 0. The van der Waals surface area contributed by atoms with Crippen molar-refractivity contribution in [2.24, 2.45) is 0 Å².